The van der Waals surface area contributed by atoms with Crippen LogP contribution < -0.4 is 5.32 Å². The maximum absolute atomic E-state index is 13.2. The molecule has 1 aliphatic rings. The van der Waals surface area contributed by atoms with Crippen LogP contribution in [0.15, 0.2) is 18.2 Å². The van der Waals surface area contributed by atoms with Crippen LogP contribution in [0.1, 0.15) is 31.7 Å². The first-order valence-corrected chi connectivity index (χ1v) is 7.39. The number of rotatable bonds is 4. The number of carbonyl (C=O) groups excluding carboxylic acids is 1. The molecule has 3 nitrogen and oxygen atoms in total. The van der Waals surface area contributed by atoms with Crippen molar-refractivity contribution in [2.75, 3.05) is 20.1 Å². The molecule has 1 saturated heterocycles. The normalized spacial score (nSPS) is 17.5. The minimum absolute atomic E-state index is 0.0937. The lowest BCUT2D eigenvalue weighted by Crippen LogP contribution is -2.47. The van der Waals surface area contributed by atoms with Gasteiger partial charge in [-0.1, -0.05) is 13.0 Å². The van der Waals surface area contributed by atoms with Gasteiger partial charge in [-0.3, -0.25) is 4.79 Å². The van der Waals surface area contributed by atoms with E-state index in [4.69, 9.17) is 0 Å². The van der Waals surface area contributed by atoms with Crippen molar-refractivity contribution in [1.82, 2.24) is 10.2 Å². The SMILES string of the molecule is CCC1(C(=O)N(C)Cc2ccc(F)c(F)c2)CCNCC1. The Morgan fingerprint density at radius 1 is 1.29 bits per heavy atom. The van der Waals surface area contributed by atoms with Crippen LogP contribution in [-0.2, 0) is 11.3 Å². The Labute approximate surface area is 124 Å². The van der Waals surface area contributed by atoms with Gasteiger partial charge in [-0.15, -0.1) is 0 Å². The van der Waals surface area contributed by atoms with Crippen LogP contribution in [0, 0.1) is 17.0 Å². The van der Waals surface area contributed by atoms with Crippen LogP contribution in [0.4, 0.5) is 8.78 Å². The van der Waals surface area contributed by atoms with E-state index in [-0.39, 0.29) is 11.3 Å². The summed E-state index contributed by atoms with van der Waals surface area (Å²) in [6.45, 7) is 4.02. The van der Waals surface area contributed by atoms with E-state index in [0.717, 1.165) is 44.5 Å². The molecule has 0 aliphatic carbocycles. The van der Waals surface area contributed by atoms with Crippen LogP contribution in [0.25, 0.3) is 0 Å². The predicted molar refractivity (Wildman–Crippen MR) is 77.7 cm³/mol. The molecule has 1 heterocycles. The molecule has 1 aliphatic heterocycles. The minimum atomic E-state index is -0.875. The zero-order chi connectivity index (χ0) is 15.5. The highest BCUT2D eigenvalue weighted by atomic mass is 19.2. The molecule has 5 heteroatoms. The summed E-state index contributed by atoms with van der Waals surface area (Å²) in [7, 11) is 1.73. The number of piperidine rings is 1. The van der Waals surface area contributed by atoms with Crippen LogP contribution in [-0.4, -0.2) is 30.9 Å². The molecule has 1 aromatic rings. The summed E-state index contributed by atoms with van der Waals surface area (Å²) in [5.41, 5.74) is 0.281. The zero-order valence-electron chi connectivity index (χ0n) is 12.6. The van der Waals surface area contributed by atoms with E-state index in [2.05, 4.69) is 5.32 Å². The molecule has 0 spiro atoms. The van der Waals surface area contributed by atoms with Gasteiger partial charge in [-0.2, -0.15) is 0 Å². The summed E-state index contributed by atoms with van der Waals surface area (Å²) in [6, 6.07) is 3.77. The lowest BCUT2D eigenvalue weighted by atomic mass is 9.75. The number of amides is 1. The first kappa shape index (κ1) is 15.9. The van der Waals surface area contributed by atoms with Crippen molar-refractivity contribution in [3.8, 4) is 0 Å². The second-order valence-corrected chi connectivity index (χ2v) is 5.79. The summed E-state index contributed by atoms with van der Waals surface area (Å²) in [5, 5.41) is 3.27. The molecule has 0 bridgehead atoms. The van der Waals surface area contributed by atoms with E-state index < -0.39 is 11.6 Å². The lowest BCUT2D eigenvalue weighted by molar-refractivity contribution is -0.143. The average Bonchev–Trinajstić information content (AvgIpc) is 2.50. The van der Waals surface area contributed by atoms with Gasteiger partial charge in [0.05, 0.1) is 5.41 Å². The van der Waals surface area contributed by atoms with E-state index in [0.29, 0.717) is 12.1 Å². The maximum Gasteiger partial charge on any atom is 0.228 e. The number of carbonyl (C=O) groups is 1. The van der Waals surface area contributed by atoms with Gasteiger partial charge in [0.2, 0.25) is 5.91 Å². The Morgan fingerprint density at radius 3 is 2.52 bits per heavy atom. The molecule has 1 fully saturated rings. The molecular weight excluding hydrogens is 274 g/mol. The van der Waals surface area contributed by atoms with E-state index in [9.17, 15) is 13.6 Å². The highest BCUT2D eigenvalue weighted by molar-refractivity contribution is 5.82. The van der Waals surface area contributed by atoms with E-state index >= 15 is 0 Å². The Morgan fingerprint density at radius 2 is 1.95 bits per heavy atom. The first-order chi connectivity index (χ1) is 9.98. The Hall–Kier alpha value is -1.49. The molecule has 0 radical (unpaired) electrons. The second-order valence-electron chi connectivity index (χ2n) is 5.79. The van der Waals surface area contributed by atoms with Gasteiger partial charge in [0.1, 0.15) is 0 Å². The second kappa shape index (κ2) is 6.52. The predicted octanol–water partition coefficient (Wildman–Crippen LogP) is 2.70. The summed E-state index contributed by atoms with van der Waals surface area (Å²) in [4.78, 5) is 14.4. The van der Waals surface area contributed by atoms with Crippen LogP contribution >= 0.6 is 0 Å². The van der Waals surface area contributed by atoms with Crippen molar-refractivity contribution in [3.05, 3.63) is 35.4 Å². The quantitative estimate of drug-likeness (QED) is 0.926. The highest BCUT2D eigenvalue weighted by Crippen LogP contribution is 2.34. The monoisotopic (exact) mass is 296 g/mol. The summed E-state index contributed by atoms with van der Waals surface area (Å²) in [5.74, 6) is -1.65. The number of hydrogen-bond acceptors (Lipinski definition) is 2. The van der Waals surface area contributed by atoms with E-state index in [1.54, 1.807) is 11.9 Å². The van der Waals surface area contributed by atoms with E-state index in [1.807, 2.05) is 6.92 Å². The van der Waals surface area contributed by atoms with Crippen molar-refractivity contribution < 1.29 is 13.6 Å². The number of nitrogens with zero attached hydrogens (tertiary/aromatic N) is 1. The van der Waals surface area contributed by atoms with Crippen LogP contribution in [0.5, 0.6) is 0 Å². The van der Waals surface area contributed by atoms with Gasteiger partial charge >= 0.3 is 0 Å². The van der Waals surface area contributed by atoms with Crippen molar-refractivity contribution in [1.29, 1.82) is 0 Å². The van der Waals surface area contributed by atoms with Crippen LogP contribution in [0.3, 0.4) is 0 Å². The van der Waals surface area contributed by atoms with Gasteiger partial charge in [0.25, 0.3) is 0 Å². The molecule has 1 N–H and O–H groups in total. The third kappa shape index (κ3) is 3.40. The molecule has 0 aromatic heterocycles. The Balaban J connectivity index is 2.09. The minimum Gasteiger partial charge on any atom is -0.341 e. The fourth-order valence-corrected chi connectivity index (χ4v) is 3.01. The topological polar surface area (TPSA) is 32.3 Å². The van der Waals surface area contributed by atoms with Crippen molar-refractivity contribution >= 4 is 5.91 Å². The molecule has 2 rings (SSSR count). The van der Waals surface area contributed by atoms with Crippen LogP contribution in [0.2, 0.25) is 0 Å². The highest BCUT2D eigenvalue weighted by Gasteiger charge is 2.39. The lowest BCUT2D eigenvalue weighted by Gasteiger charge is -2.38. The van der Waals surface area contributed by atoms with E-state index in [1.165, 1.54) is 6.07 Å². The molecule has 0 atom stereocenters. The summed E-state index contributed by atoms with van der Waals surface area (Å²) in [6.07, 6.45) is 2.45. The van der Waals surface area contributed by atoms with Gasteiger partial charge in [-0.05, 0) is 50.0 Å². The molecule has 116 valence electrons. The first-order valence-electron chi connectivity index (χ1n) is 7.39. The van der Waals surface area contributed by atoms with Crippen molar-refractivity contribution in [2.45, 2.75) is 32.7 Å². The summed E-state index contributed by atoms with van der Waals surface area (Å²) < 4.78 is 26.2. The van der Waals surface area contributed by atoms with Gasteiger partial charge < -0.3 is 10.2 Å². The fraction of sp³-hybridized carbons (Fsp3) is 0.562. The van der Waals surface area contributed by atoms with Crippen molar-refractivity contribution in [2.24, 2.45) is 5.41 Å². The molecule has 1 amide bonds. The summed E-state index contributed by atoms with van der Waals surface area (Å²) >= 11 is 0. The zero-order valence-corrected chi connectivity index (χ0v) is 12.6. The molecule has 21 heavy (non-hydrogen) atoms. The number of nitrogens with one attached hydrogen (secondary N) is 1. The maximum atomic E-state index is 13.2. The van der Waals surface area contributed by atoms with Gasteiger partial charge in [0, 0.05) is 13.6 Å². The Bertz CT molecular complexity index is 513. The third-order valence-electron chi connectivity index (χ3n) is 4.44. The number of hydrogen-bond donors (Lipinski definition) is 1. The van der Waals surface area contributed by atoms with Gasteiger partial charge in [-0.25, -0.2) is 8.78 Å². The largest absolute Gasteiger partial charge is 0.341 e. The average molecular weight is 296 g/mol. The molecule has 0 unspecified atom stereocenters. The fourth-order valence-electron chi connectivity index (χ4n) is 3.01. The Kier molecular flexibility index (Phi) is 4.93. The number of halogens is 2. The number of benzene rings is 1. The standard InChI is InChI=1S/C16H22F2N2O/c1-3-16(6-8-19-9-7-16)15(21)20(2)11-12-4-5-13(17)14(18)10-12/h4-5,10,19H,3,6-9,11H2,1-2H3. The van der Waals surface area contributed by atoms with Crippen molar-refractivity contribution in [3.63, 3.8) is 0 Å². The van der Waals surface area contributed by atoms with Gasteiger partial charge in [0.15, 0.2) is 11.6 Å². The smallest absolute Gasteiger partial charge is 0.228 e. The molecule has 1 aromatic carbocycles. The molecule has 0 saturated carbocycles. The third-order valence-corrected chi connectivity index (χ3v) is 4.44. The molecular formula is C16H22F2N2O.